The highest BCUT2D eigenvalue weighted by Crippen LogP contribution is 2.26. The van der Waals surface area contributed by atoms with E-state index >= 15 is 0 Å². The molecular formula is C12H10Br2OS. The minimum atomic E-state index is 0.613. The van der Waals surface area contributed by atoms with Gasteiger partial charge in [0.25, 0.3) is 0 Å². The second kappa shape index (κ2) is 5.84. The minimum absolute atomic E-state index is 0.613. The molecule has 2 rings (SSSR count). The molecule has 2 aromatic rings. The molecule has 16 heavy (non-hydrogen) atoms. The van der Waals surface area contributed by atoms with Crippen LogP contribution >= 0.6 is 43.2 Å². The molecule has 1 aromatic carbocycles. The van der Waals surface area contributed by atoms with Gasteiger partial charge in [0.2, 0.25) is 0 Å². The Morgan fingerprint density at radius 1 is 1.19 bits per heavy atom. The van der Waals surface area contributed by atoms with Gasteiger partial charge in [0.1, 0.15) is 12.4 Å². The summed E-state index contributed by atoms with van der Waals surface area (Å²) in [6.45, 7) is 0.613. The lowest BCUT2D eigenvalue weighted by molar-refractivity contribution is 0.307. The molecule has 0 unspecified atom stereocenters. The molecular weight excluding hydrogens is 352 g/mol. The number of hydrogen-bond acceptors (Lipinski definition) is 2. The molecule has 0 bridgehead atoms. The monoisotopic (exact) mass is 360 g/mol. The topological polar surface area (TPSA) is 9.23 Å². The molecule has 0 aliphatic carbocycles. The van der Waals surface area contributed by atoms with Crippen molar-refractivity contribution < 1.29 is 4.74 Å². The van der Waals surface area contributed by atoms with E-state index in [-0.39, 0.29) is 0 Å². The van der Waals surface area contributed by atoms with Crippen molar-refractivity contribution in [2.45, 2.75) is 11.9 Å². The van der Waals surface area contributed by atoms with Crippen LogP contribution in [0.25, 0.3) is 0 Å². The molecule has 84 valence electrons. The van der Waals surface area contributed by atoms with Gasteiger partial charge in [0.05, 0.1) is 4.88 Å². The summed E-state index contributed by atoms with van der Waals surface area (Å²) < 4.78 is 6.92. The Balaban J connectivity index is 2.07. The number of alkyl halides is 1. The van der Waals surface area contributed by atoms with E-state index in [1.807, 2.05) is 24.3 Å². The van der Waals surface area contributed by atoms with Crippen LogP contribution in [0, 0.1) is 0 Å². The van der Waals surface area contributed by atoms with E-state index in [1.165, 1.54) is 10.4 Å². The van der Waals surface area contributed by atoms with Gasteiger partial charge in [0.15, 0.2) is 0 Å². The van der Waals surface area contributed by atoms with Crippen LogP contribution in [0.3, 0.4) is 0 Å². The summed E-state index contributed by atoms with van der Waals surface area (Å²) in [4.78, 5) is 1.21. The first kappa shape index (κ1) is 12.1. The zero-order valence-corrected chi connectivity index (χ0v) is 12.4. The Morgan fingerprint density at radius 2 is 2.00 bits per heavy atom. The van der Waals surface area contributed by atoms with Gasteiger partial charge in [-0.05, 0) is 33.4 Å². The van der Waals surface area contributed by atoms with Gasteiger partial charge in [-0.25, -0.2) is 0 Å². The number of thiophene rings is 1. The van der Waals surface area contributed by atoms with Gasteiger partial charge >= 0.3 is 0 Å². The molecule has 0 atom stereocenters. The van der Waals surface area contributed by atoms with Crippen molar-refractivity contribution in [1.82, 2.24) is 0 Å². The molecule has 0 amide bonds. The quantitative estimate of drug-likeness (QED) is 0.697. The summed E-state index contributed by atoms with van der Waals surface area (Å²) in [5, 5.41) is 2.87. The Hall–Kier alpha value is -0.320. The molecule has 1 aromatic heterocycles. The number of para-hydroxylation sites is 1. The normalized spacial score (nSPS) is 10.4. The summed E-state index contributed by atoms with van der Waals surface area (Å²) in [6.07, 6.45) is 0. The Labute approximate surface area is 116 Å². The lowest BCUT2D eigenvalue weighted by atomic mass is 10.2. The fourth-order valence-electron chi connectivity index (χ4n) is 1.33. The van der Waals surface area contributed by atoms with Crippen molar-refractivity contribution in [3.63, 3.8) is 0 Å². The molecule has 0 N–H and O–H groups in total. The van der Waals surface area contributed by atoms with Crippen LogP contribution in [0.2, 0.25) is 0 Å². The Bertz CT molecular complexity index is 468. The molecule has 0 aliphatic rings. The van der Waals surface area contributed by atoms with Crippen molar-refractivity contribution in [3.05, 3.63) is 50.6 Å². The number of benzene rings is 1. The SMILES string of the molecule is BrCc1ccccc1OCc1sccc1Br. The van der Waals surface area contributed by atoms with Gasteiger partial charge < -0.3 is 4.74 Å². The summed E-state index contributed by atoms with van der Waals surface area (Å²) in [6, 6.07) is 10.1. The van der Waals surface area contributed by atoms with E-state index < -0.39 is 0 Å². The smallest absolute Gasteiger partial charge is 0.124 e. The maximum Gasteiger partial charge on any atom is 0.124 e. The van der Waals surface area contributed by atoms with Crippen molar-refractivity contribution in [2.24, 2.45) is 0 Å². The first-order chi connectivity index (χ1) is 7.81. The van der Waals surface area contributed by atoms with Crippen LogP contribution in [0.4, 0.5) is 0 Å². The highest BCUT2D eigenvalue weighted by molar-refractivity contribution is 9.10. The first-order valence-electron chi connectivity index (χ1n) is 4.80. The van der Waals surface area contributed by atoms with Gasteiger partial charge in [-0.3, -0.25) is 0 Å². The van der Waals surface area contributed by atoms with E-state index in [4.69, 9.17) is 4.74 Å². The van der Waals surface area contributed by atoms with Crippen LogP contribution in [0.1, 0.15) is 10.4 Å². The molecule has 1 nitrogen and oxygen atoms in total. The fourth-order valence-corrected chi connectivity index (χ4v) is 3.17. The Morgan fingerprint density at radius 3 is 2.69 bits per heavy atom. The van der Waals surface area contributed by atoms with Crippen molar-refractivity contribution in [3.8, 4) is 5.75 Å². The molecule has 0 aliphatic heterocycles. The third kappa shape index (κ3) is 2.87. The average Bonchev–Trinajstić information content (AvgIpc) is 2.72. The summed E-state index contributed by atoms with van der Waals surface area (Å²) in [5.41, 5.74) is 1.18. The van der Waals surface area contributed by atoms with Crippen molar-refractivity contribution in [2.75, 3.05) is 0 Å². The lowest BCUT2D eigenvalue weighted by Crippen LogP contribution is -1.96. The van der Waals surface area contributed by atoms with Crippen LogP contribution < -0.4 is 4.74 Å². The zero-order valence-electron chi connectivity index (χ0n) is 8.45. The fraction of sp³-hybridized carbons (Fsp3) is 0.167. The lowest BCUT2D eigenvalue weighted by Gasteiger charge is -2.08. The highest BCUT2D eigenvalue weighted by atomic mass is 79.9. The van der Waals surface area contributed by atoms with E-state index in [0.29, 0.717) is 6.61 Å². The molecule has 0 fully saturated rings. The predicted molar refractivity (Wildman–Crippen MR) is 75.4 cm³/mol. The van der Waals surface area contributed by atoms with Crippen LogP contribution in [-0.4, -0.2) is 0 Å². The van der Waals surface area contributed by atoms with Crippen molar-refractivity contribution >= 4 is 43.2 Å². The van der Waals surface area contributed by atoms with E-state index in [2.05, 4.69) is 43.3 Å². The number of hydrogen-bond donors (Lipinski definition) is 0. The van der Waals surface area contributed by atoms with E-state index in [0.717, 1.165) is 15.6 Å². The molecule has 0 radical (unpaired) electrons. The van der Waals surface area contributed by atoms with Gasteiger partial charge in [0, 0.05) is 15.4 Å². The third-order valence-corrected chi connectivity index (χ3v) is 4.67. The number of halogens is 2. The second-order valence-electron chi connectivity index (χ2n) is 3.22. The maximum atomic E-state index is 5.80. The van der Waals surface area contributed by atoms with Crippen molar-refractivity contribution in [1.29, 1.82) is 0 Å². The third-order valence-electron chi connectivity index (χ3n) is 2.17. The van der Waals surface area contributed by atoms with Crippen LogP contribution in [-0.2, 0) is 11.9 Å². The average molecular weight is 362 g/mol. The van der Waals surface area contributed by atoms with Gasteiger partial charge in [-0.2, -0.15) is 0 Å². The van der Waals surface area contributed by atoms with E-state index in [1.54, 1.807) is 11.3 Å². The predicted octanol–water partition coefficient (Wildman–Crippen LogP) is 4.98. The Kier molecular flexibility index (Phi) is 4.44. The minimum Gasteiger partial charge on any atom is -0.488 e. The zero-order chi connectivity index (χ0) is 11.4. The standard InChI is InChI=1S/C12H10Br2OS/c13-7-9-3-1-2-4-11(9)15-8-12-10(14)5-6-16-12/h1-6H,7-8H2. The second-order valence-corrected chi connectivity index (χ2v) is 5.64. The summed E-state index contributed by atoms with van der Waals surface area (Å²) in [7, 11) is 0. The largest absolute Gasteiger partial charge is 0.488 e. The van der Waals surface area contributed by atoms with Crippen LogP contribution in [0.15, 0.2) is 40.2 Å². The highest BCUT2D eigenvalue weighted by Gasteiger charge is 2.04. The van der Waals surface area contributed by atoms with Crippen LogP contribution in [0.5, 0.6) is 5.75 Å². The number of ether oxygens (including phenoxy) is 1. The van der Waals surface area contributed by atoms with E-state index in [9.17, 15) is 0 Å². The molecule has 1 heterocycles. The maximum absolute atomic E-state index is 5.80. The molecule has 4 heteroatoms. The van der Waals surface area contributed by atoms with Gasteiger partial charge in [-0.15, -0.1) is 11.3 Å². The first-order valence-corrected chi connectivity index (χ1v) is 7.59. The summed E-state index contributed by atoms with van der Waals surface area (Å²) in [5.74, 6) is 0.944. The molecule has 0 saturated carbocycles. The number of rotatable bonds is 4. The van der Waals surface area contributed by atoms with Gasteiger partial charge in [-0.1, -0.05) is 34.1 Å². The summed E-state index contributed by atoms with van der Waals surface area (Å²) >= 11 is 8.65. The molecule has 0 spiro atoms. The molecule has 0 saturated heterocycles.